The maximum Gasteiger partial charge on any atom is 0.274 e. The molecule has 2 fully saturated rings. The molecule has 1 saturated carbocycles. The standard InChI is InChI=1S/C13H18N4O.2ClH/c14-11-3-1-2-9-7-17(8-10(9)11)13(18)12-6-15-4-5-16-12;;/h4-6,9-11H,1-3,7-8,14H2;2*1H. The molecule has 3 unspecified atom stereocenters. The first kappa shape index (κ1) is 17.1. The predicted octanol–water partition coefficient (Wildman–Crippen LogP) is 1.52. The normalized spacial score (nSPS) is 28.1. The summed E-state index contributed by atoms with van der Waals surface area (Å²) >= 11 is 0. The summed E-state index contributed by atoms with van der Waals surface area (Å²) < 4.78 is 0. The first-order valence-corrected chi connectivity index (χ1v) is 6.56. The van der Waals surface area contributed by atoms with Gasteiger partial charge >= 0.3 is 0 Å². The van der Waals surface area contributed by atoms with E-state index in [1.807, 2.05) is 4.90 Å². The van der Waals surface area contributed by atoms with Crippen molar-refractivity contribution in [3.8, 4) is 0 Å². The van der Waals surface area contributed by atoms with E-state index in [2.05, 4.69) is 9.97 Å². The molecular formula is C13H20Cl2N4O. The highest BCUT2D eigenvalue weighted by atomic mass is 35.5. The smallest absolute Gasteiger partial charge is 0.274 e. The summed E-state index contributed by atoms with van der Waals surface area (Å²) in [5, 5.41) is 0. The molecule has 20 heavy (non-hydrogen) atoms. The number of amides is 1. The molecule has 1 aliphatic carbocycles. The average molecular weight is 319 g/mol. The van der Waals surface area contributed by atoms with Gasteiger partial charge in [0.2, 0.25) is 0 Å². The first-order valence-electron chi connectivity index (χ1n) is 6.56. The predicted molar refractivity (Wildman–Crippen MR) is 81.2 cm³/mol. The summed E-state index contributed by atoms with van der Waals surface area (Å²) in [4.78, 5) is 22.2. The van der Waals surface area contributed by atoms with E-state index in [1.54, 1.807) is 12.4 Å². The lowest BCUT2D eigenvalue weighted by atomic mass is 9.78. The summed E-state index contributed by atoms with van der Waals surface area (Å²) in [5.74, 6) is 1.04. The average Bonchev–Trinajstić information content (AvgIpc) is 2.84. The summed E-state index contributed by atoms with van der Waals surface area (Å²) in [6.07, 6.45) is 8.15. The Bertz CT molecular complexity index is 445. The molecule has 2 aliphatic rings. The number of rotatable bonds is 1. The molecule has 1 saturated heterocycles. The minimum atomic E-state index is -0.00954. The molecular weight excluding hydrogens is 299 g/mol. The highest BCUT2D eigenvalue weighted by molar-refractivity contribution is 5.92. The molecule has 5 nitrogen and oxygen atoms in total. The van der Waals surface area contributed by atoms with Gasteiger partial charge in [-0.2, -0.15) is 0 Å². The second kappa shape index (κ2) is 7.20. The van der Waals surface area contributed by atoms with E-state index in [1.165, 1.54) is 19.0 Å². The quantitative estimate of drug-likeness (QED) is 0.852. The van der Waals surface area contributed by atoms with Gasteiger partial charge in [-0.05, 0) is 24.7 Å². The van der Waals surface area contributed by atoms with Crippen molar-refractivity contribution in [1.82, 2.24) is 14.9 Å². The van der Waals surface area contributed by atoms with E-state index < -0.39 is 0 Å². The molecule has 1 aliphatic heterocycles. The van der Waals surface area contributed by atoms with Gasteiger partial charge in [0, 0.05) is 31.5 Å². The van der Waals surface area contributed by atoms with Crippen LogP contribution in [0.15, 0.2) is 18.6 Å². The molecule has 1 aromatic heterocycles. The van der Waals surface area contributed by atoms with Gasteiger partial charge in [0.05, 0.1) is 6.20 Å². The minimum absolute atomic E-state index is 0. The number of aromatic nitrogens is 2. The Morgan fingerprint density at radius 3 is 2.70 bits per heavy atom. The van der Waals surface area contributed by atoms with Crippen molar-refractivity contribution in [3.05, 3.63) is 24.3 Å². The Labute approximate surface area is 131 Å². The van der Waals surface area contributed by atoms with Crippen LogP contribution >= 0.6 is 24.8 Å². The number of hydrogen-bond donors (Lipinski definition) is 1. The van der Waals surface area contributed by atoms with Gasteiger partial charge in [0.15, 0.2) is 0 Å². The lowest BCUT2D eigenvalue weighted by Gasteiger charge is -2.29. The number of carbonyl (C=O) groups excluding carboxylic acids is 1. The van der Waals surface area contributed by atoms with E-state index >= 15 is 0 Å². The van der Waals surface area contributed by atoms with Crippen LogP contribution in [-0.2, 0) is 0 Å². The minimum Gasteiger partial charge on any atom is -0.337 e. The number of fused-ring (bicyclic) bond motifs is 1. The van der Waals surface area contributed by atoms with Crippen molar-refractivity contribution in [3.63, 3.8) is 0 Å². The van der Waals surface area contributed by atoms with Gasteiger partial charge in [-0.1, -0.05) is 6.42 Å². The Balaban J connectivity index is 0.000001000. The maximum absolute atomic E-state index is 12.3. The second-order valence-electron chi connectivity index (χ2n) is 5.32. The molecule has 7 heteroatoms. The number of halogens is 2. The highest BCUT2D eigenvalue weighted by Gasteiger charge is 2.40. The van der Waals surface area contributed by atoms with E-state index in [4.69, 9.17) is 5.73 Å². The molecule has 0 radical (unpaired) electrons. The van der Waals surface area contributed by atoms with Crippen molar-refractivity contribution >= 4 is 30.7 Å². The van der Waals surface area contributed by atoms with Gasteiger partial charge in [0.1, 0.15) is 5.69 Å². The Morgan fingerprint density at radius 1 is 1.25 bits per heavy atom. The SMILES string of the molecule is Cl.Cl.NC1CCCC2CN(C(=O)c3cnccn3)CC12. The van der Waals surface area contributed by atoms with Gasteiger partial charge in [-0.15, -0.1) is 24.8 Å². The Morgan fingerprint density at radius 2 is 2.05 bits per heavy atom. The van der Waals surface area contributed by atoms with Gasteiger partial charge in [0.25, 0.3) is 5.91 Å². The molecule has 2 N–H and O–H groups in total. The van der Waals surface area contributed by atoms with Crippen LogP contribution < -0.4 is 5.73 Å². The molecule has 1 aromatic rings. The van der Waals surface area contributed by atoms with E-state index in [-0.39, 0.29) is 36.8 Å². The summed E-state index contributed by atoms with van der Waals surface area (Å²) in [7, 11) is 0. The third kappa shape index (κ3) is 3.22. The molecule has 2 heterocycles. The topological polar surface area (TPSA) is 72.1 Å². The van der Waals surface area contributed by atoms with Gasteiger partial charge in [-0.3, -0.25) is 9.78 Å². The third-order valence-corrected chi connectivity index (χ3v) is 4.22. The van der Waals surface area contributed by atoms with E-state index in [0.717, 1.165) is 19.5 Å². The van der Waals surface area contributed by atoms with Crippen molar-refractivity contribution in [2.45, 2.75) is 25.3 Å². The fraction of sp³-hybridized carbons (Fsp3) is 0.615. The monoisotopic (exact) mass is 318 g/mol. The third-order valence-electron chi connectivity index (χ3n) is 4.22. The van der Waals surface area contributed by atoms with Crippen LogP contribution in [0.25, 0.3) is 0 Å². The molecule has 1 amide bonds. The van der Waals surface area contributed by atoms with Crippen LogP contribution in [0.3, 0.4) is 0 Å². The molecule has 3 rings (SSSR count). The second-order valence-corrected chi connectivity index (χ2v) is 5.32. The van der Waals surface area contributed by atoms with Crippen molar-refractivity contribution in [2.75, 3.05) is 13.1 Å². The summed E-state index contributed by atoms with van der Waals surface area (Å²) in [6.45, 7) is 1.61. The van der Waals surface area contributed by atoms with Crippen LogP contribution in [0.2, 0.25) is 0 Å². The first-order chi connectivity index (χ1) is 8.75. The number of likely N-dealkylation sites (tertiary alicyclic amines) is 1. The largest absolute Gasteiger partial charge is 0.337 e. The molecule has 0 bridgehead atoms. The number of carbonyl (C=O) groups is 1. The number of nitrogens with two attached hydrogens (primary N) is 1. The number of hydrogen-bond acceptors (Lipinski definition) is 4. The van der Waals surface area contributed by atoms with E-state index in [9.17, 15) is 4.79 Å². The summed E-state index contributed by atoms with van der Waals surface area (Å²) in [6, 6.07) is 0.253. The van der Waals surface area contributed by atoms with Crippen LogP contribution in [0.4, 0.5) is 0 Å². The number of nitrogens with zero attached hydrogens (tertiary/aromatic N) is 3. The van der Waals surface area contributed by atoms with Crippen LogP contribution in [0, 0.1) is 11.8 Å². The fourth-order valence-corrected chi connectivity index (χ4v) is 3.25. The lowest BCUT2D eigenvalue weighted by Crippen LogP contribution is -2.38. The van der Waals surface area contributed by atoms with Crippen molar-refractivity contribution in [2.24, 2.45) is 17.6 Å². The van der Waals surface area contributed by atoms with Crippen LogP contribution in [0.5, 0.6) is 0 Å². The molecule has 3 atom stereocenters. The zero-order valence-electron chi connectivity index (χ0n) is 11.1. The highest BCUT2D eigenvalue weighted by Crippen LogP contribution is 2.35. The molecule has 112 valence electrons. The van der Waals surface area contributed by atoms with Gasteiger partial charge < -0.3 is 10.6 Å². The zero-order valence-corrected chi connectivity index (χ0v) is 12.8. The zero-order chi connectivity index (χ0) is 12.5. The van der Waals surface area contributed by atoms with Gasteiger partial charge in [-0.25, -0.2) is 4.98 Å². The molecule has 0 aromatic carbocycles. The Kier molecular flexibility index (Phi) is 6.17. The molecule has 0 spiro atoms. The summed E-state index contributed by atoms with van der Waals surface area (Å²) in [5.41, 5.74) is 6.59. The lowest BCUT2D eigenvalue weighted by molar-refractivity contribution is 0.0777. The van der Waals surface area contributed by atoms with Crippen LogP contribution in [-0.4, -0.2) is 39.9 Å². The fourth-order valence-electron chi connectivity index (χ4n) is 3.25. The maximum atomic E-state index is 12.3. The van der Waals surface area contributed by atoms with Crippen LogP contribution in [0.1, 0.15) is 29.8 Å². The van der Waals surface area contributed by atoms with Crippen molar-refractivity contribution in [1.29, 1.82) is 0 Å². The van der Waals surface area contributed by atoms with Crippen molar-refractivity contribution < 1.29 is 4.79 Å². The Hall–Kier alpha value is -0.910. The van der Waals surface area contributed by atoms with E-state index in [0.29, 0.717) is 17.5 Å².